The lowest BCUT2D eigenvalue weighted by Crippen LogP contribution is -2.38. The highest BCUT2D eigenvalue weighted by atomic mass is 79.9. The highest BCUT2D eigenvalue weighted by Crippen LogP contribution is 2.39. The van der Waals surface area contributed by atoms with Crippen LogP contribution in [0.3, 0.4) is 0 Å². The van der Waals surface area contributed by atoms with Gasteiger partial charge in [-0.3, -0.25) is 9.59 Å². The standard InChI is InChI=1S/C24H26BrFN4O2/c1-14-20(13-17-16-11-15(26)12-18(25)22(16)28-23(17)31)27-19-5-4-8-30(24(32)21(14)19)10-9-29-6-2-3-7-29/h11-13,27H,2-10H2,1H3,(H,28,31). The van der Waals surface area contributed by atoms with Crippen molar-refractivity contribution in [3.63, 3.8) is 0 Å². The third kappa shape index (κ3) is 3.79. The highest BCUT2D eigenvalue weighted by Gasteiger charge is 2.30. The van der Waals surface area contributed by atoms with Gasteiger partial charge < -0.3 is 20.1 Å². The zero-order chi connectivity index (χ0) is 22.4. The van der Waals surface area contributed by atoms with Gasteiger partial charge >= 0.3 is 0 Å². The molecule has 1 aromatic carbocycles. The summed E-state index contributed by atoms with van der Waals surface area (Å²) in [7, 11) is 0. The Morgan fingerprint density at radius 3 is 2.69 bits per heavy atom. The topological polar surface area (TPSA) is 68.4 Å². The van der Waals surface area contributed by atoms with Crippen molar-refractivity contribution in [2.75, 3.05) is 38.0 Å². The summed E-state index contributed by atoms with van der Waals surface area (Å²) in [5.74, 6) is -0.643. The normalized spacial score (nSPS) is 20.0. The number of hydrogen-bond donors (Lipinski definition) is 2. The summed E-state index contributed by atoms with van der Waals surface area (Å²) in [5.41, 5.74) is 4.67. The Hall–Kier alpha value is -2.45. The number of rotatable bonds is 4. The third-order valence-corrected chi connectivity index (χ3v) is 7.35. The fourth-order valence-corrected chi connectivity index (χ4v) is 5.52. The first-order chi connectivity index (χ1) is 15.4. The molecule has 3 aliphatic rings. The van der Waals surface area contributed by atoms with Gasteiger partial charge in [0.2, 0.25) is 0 Å². The first-order valence-electron chi connectivity index (χ1n) is 11.2. The smallest absolute Gasteiger partial charge is 0.256 e. The van der Waals surface area contributed by atoms with Crippen LogP contribution < -0.4 is 5.32 Å². The molecule has 2 N–H and O–H groups in total. The first kappa shape index (κ1) is 21.4. The van der Waals surface area contributed by atoms with Crippen LogP contribution in [0.5, 0.6) is 0 Å². The number of nitrogens with zero attached hydrogens (tertiary/aromatic N) is 2. The van der Waals surface area contributed by atoms with E-state index >= 15 is 0 Å². The van der Waals surface area contributed by atoms with Crippen LogP contribution >= 0.6 is 15.9 Å². The van der Waals surface area contributed by atoms with E-state index in [1.54, 1.807) is 6.08 Å². The number of aromatic amines is 1. The molecule has 0 saturated carbocycles. The first-order valence-corrected chi connectivity index (χ1v) is 12.0. The summed E-state index contributed by atoms with van der Waals surface area (Å²) in [6.45, 7) is 6.57. The van der Waals surface area contributed by atoms with E-state index in [-0.39, 0.29) is 11.8 Å². The predicted octanol–water partition coefficient (Wildman–Crippen LogP) is 4.20. The van der Waals surface area contributed by atoms with Crippen molar-refractivity contribution in [3.05, 3.63) is 50.5 Å². The number of aromatic nitrogens is 1. The number of anilines is 1. The number of carbonyl (C=O) groups is 2. The molecule has 1 aromatic heterocycles. The number of benzene rings is 1. The minimum atomic E-state index is -0.416. The summed E-state index contributed by atoms with van der Waals surface area (Å²) in [5, 5.41) is 2.80. The molecule has 3 aliphatic heterocycles. The van der Waals surface area contributed by atoms with Crippen molar-refractivity contribution in [3.8, 4) is 0 Å². The molecule has 4 heterocycles. The maximum Gasteiger partial charge on any atom is 0.256 e. The Kier molecular flexibility index (Phi) is 5.67. The minimum Gasteiger partial charge on any atom is -0.358 e. The van der Waals surface area contributed by atoms with Gasteiger partial charge in [0.25, 0.3) is 11.8 Å². The van der Waals surface area contributed by atoms with Gasteiger partial charge in [-0.1, -0.05) is 0 Å². The zero-order valence-electron chi connectivity index (χ0n) is 18.1. The Bertz CT molecular complexity index is 1130. The van der Waals surface area contributed by atoms with Gasteiger partial charge in [-0.25, -0.2) is 4.39 Å². The maximum atomic E-state index is 14.0. The number of amides is 2. The second kappa shape index (κ2) is 8.48. The molecular formula is C24H26BrFN4O2. The molecule has 2 amide bonds. The van der Waals surface area contributed by atoms with Gasteiger partial charge in [-0.15, -0.1) is 0 Å². The summed E-state index contributed by atoms with van der Waals surface area (Å²) >= 11 is 3.32. The van der Waals surface area contributed by atoms with Crippen molar-refractivity contribution >= 4 is 45.1 Å². The van der Waals surface area contributed by atoms with E-state index in [0.29, 0.717) is 21.3 Å². The minimum absolute atomic E-state index is 0.0557. The molecule has 1 fully saturated rings. The Balaban J connectivity index is 1.45. The van der Waals surface area contributed by atoms with Crippen molar-refractivity contribution in [2.24, 2.45) is 0 Å². The number of halogens is 2. The van der Waals surface area contributed by atoms with Crippen molar-refractivity contribution in [1.29, 1.82) is 0 Å². The van der Waals surface area contributed by atoms with Crippen LogP contribution in [0.2, 0.25) is 0 Å². The van der Waals surface area contributed by atoms with Gasteiger partial charge in [0.15, 0.2) is 0 Å². The second-order valence-electron chi connectivity index (χ2n) is 8.78. The predicted molar refractivity (Wildman–Crippen MR) is 126 cm³/mol. The molecule has 0 spiro atoms. The molecule has 0 bridgehead atoms. The quantitative estimate of drug-likeness (QED) is 0.618. The molecule has 0 atom stereocenters. The van der Waals surface area contributed by atoms with E-state index in [2.05, 4.69) is 31.1 Å². The van der Waals surface area contributed by atoms with E-state index in [9.17, 15) is 14.0 Å². The van der Waals surface area contributed by atoms with E-state index in [0.717, 1.165) is 68.1 Å². The summed E-state index contributed by atoms with van der Waals surface area (Å²) in [6.07, 6.45) is 5.90. The van der Waals surface area contributed by atoms with Crippen molar-refractivity contribution in [2.45, 2.75) is 32.6 Å². The molecule has 0 unspecified atom stereocenters. The molecule has 2 aromatic rings. The van der Waals surface area contributed by atoms with E-state index < -0.39 is 5.82 Å². The number of H-pyrrole nitrogens is 1. The van der Waals surface area contributed by atoms with Crippen molar-refractivity contribution < 1.29 is 14.0 Å². The van der Waals surface area contributed by atoms with Crippen LogP contribution in [0.15, 0.2) is 16.6 Å². The Morgan fingerprint density at radius 1 is 1.12 bits per heavy atom. The second-order valence-corrected chi connectivity index (χ2v) is 9.64. The summed E-state index contributed by atoms with van der Waals surface area (Å²) in [4.78, 5) is 33.8. The summed E-state index contributed by atoms with van der Waals surface area (Å²) < 4.78 is 14.5. The number of fused-ring (bicyclic) bond motifs is 2. The number of aryl methyl sites for hydroxylation is 1. The number of likely N-dealkylation sites (tertiary alicyclic amines) is 1. The Labute approximate surface area is 195 Å². The molecular weight excluding hydrogens is 475 g/mol. The average Bonchev–Trinajstić information content (AvgIpc) is 3.42. The van der Waals surface area contributed by atoms with Crippen LogP contribution in [0.1, 0.15) is 52.1 Å². The molecule has 8 heteroatoms. The van der Waals surface area contributed by atoms with Crippen molar-refractivity contribution in [1.82, 2.24) is 14.8 Å². The Morgan fingerprint density at radius 2 is 1.91 bits per heavy atom. The molecule has 0 aliphatic carbocycles. The fourth-order valence-electron chi connectivity index (χ4n) is 4.99. The lowest BCUT2D eigenvalue weighted by atomic mass is 10.0. The van der Waals surface area contributed by atoms with Gasteiger partial charge in [-0.05, 0) is 85.4 Å². The molecule has 6 nitrogen and oxygen atoms in total. The van der Waals surface area contributed by atoms with Crippen LogP contribution in [0.4, 0.5) is 10.1 Å². The highest BCUT2D eigenvalue weighted by molar-refractivity contribution is 9.10. The summed E-state index contributed by atoms with van der Waals surface area (Å²) in [6, 6.07) is 2.69. The van der Waals surface area contributed by atoms with Crippen LogP contribution in [-0.2, 0) is 11.2 Å². The molecule has 5 rings (SSSR count). The molecule has 1 saturated heterocycles. The molecule has 32 heavy (non-hydrogen) atoms. The fraction of sp³-hybridized carbons (Fsp3) is 0.417. The van der Waals surface area contributed by atoms with Gasteiger partial charge in [0.05, 0.1) is 16.8 Å². The average molecular weight is 501 g/mol. The number of hydrogen-bond acceptors (Lipinski definition) is 3. The van der Waals surface area contributed by atoms with Gasteiger partial charge in [-0.2, -0.15) is 0 Å². The van der Waals surface area contributed by atoms with E-state index in [1.807, 2.05) is 11.8 Å². The SMILES string of the molecule is Cc1c(C=C2C(=O)Nc3c(Br)cc(F)cc32)[nH]c2c1C(=O)N(CCN1CCCC1)CCC2. The molecule has 168 valence electrons. The van der Waals surface area contributed by atoms with Crippen LogP contribution in [-0.4, -0.2) is 59.3 Å². The number of carbonyl (C=O) groups excluding carboxylic acids is 2. The zero-order valence-corrected chi connectivity index (χ0v) is 19.6. The van der Waals surface area contributed by atoms with Crippen LogP contribution in [0.25, 0.3) is 11.6 Å². The lowest BCUT2D eigenvalue weighted by molar-refractivity contribution is -0.110. The number of nitrogens with one attached hydrogen (secondary N) is 2. The van der Waals surface area contributed by atoms with Gasteiger partial charge in [0.1, 0.15) is 5.82 Å². The largest absolute Gasteiger partial charge is 0.358 e. The third-order valence-electron chi connectivity index (χ3n) is 6.72. The molecule has 0 radical (unpaired) electrons. The van der Waals surface area contributed by atoms with Gasteiger partial charge in [0, 0.05) is 41.1 Å². The van der Waals surface area contributed by atoms with E-state index in [4.69, 9.17) is 0 Å². The lowest BCUT2D eigenvalue weighted by Gasteiger charge is -2.24. The maximum absolute atomic E-state index is 14.0. The van der Waals surface area contributed by atoms with E-state index in [1.165, 1.54) is 25.0 Å². The monoisotopic (exact) mass is 500 g/mol. The van der Waals surface area contributed by atoms with Crippen LogP contribution in [0, 0.1) is 12.7 Å².